The number of halogens is 1. The van der Waals surface area contributed by atoms with Crippen LogP contribution in [0.1, 0.15) is 13.8 Å². The van der Waals surface area contributed by atoms with Crippen LogP contribution in [0.3, 0.4) is 0 Å². The highest BCUT2D eigenvalue weighted by Gasteiger charge is 2.11. The van der Waals surface area contributed by atoms with E-state index in [1.54, 1.807) is 12.1 Å². The quantitative estimate of drug-likeness (QED) is 0.576. The highest BCUT2D eigenvalue weighted by molar-refractivity contribution is 5.83. The van der Waals surface area contributed by atoms with Crippen LogP contribution in [0, 0.1) is 5.82 Å². The minimum absolute atomic E-state index is 0.185. The van der Waals surface area contributed by atoms with E-state index in [1.165, 1.54) is 44.2 Å². The van der Waals surface area contributed by atoms with E-state index >= 15 is 0 Å². The largest absolute Gasteiger partial charge is 0.427 e. The van der Waals surface area contributed by atoms with E-state index in [0.29, 0.717) is 22.2 Å². The summed E-state index contributed by atoms with van der Waals surface area (Å²) in [5, 5.41) is 0.338. The summed E-state index contributed by atoms with van der Waals surface area (Å²) in [6.45, 7) is 2.45. The predicted octanol–water partition coefficient (Wildman–Crippen LogP) is 3.18. The van der Waals surface area contributed by atoms with E-state index in [2.05, 4.69) is 4.98 Å². The molecule has 0 aliphatic rings. The fourth-order valence-electron chi connectivity index (χ4n) is 2.52. The average Bonchev–Trinajstić information content (AvgIpc) is 2.56. The molecule has 0 unspecified atom stereocenters. The molecule has 0 radical (unpaired) electrons. The Bertz CT molecular complexity index is 1090. The average molecular weight is 355 g/mol. The standard InChI is InChI=1S/C19H14FNO5/c1-10(22)25-13-4-5-16-14(8-13)18(24)9-17(21-16)12-3-6-19(15(20)7-12)26-11(2)23/h3-9H,1-2H3,(H,21,24). The number of fused-ring (bicyclic) bond motifs is 1. The molecule has 1 N–H and O–H groups in total. The van der Waals surface area contributed by atoms with Gasteiger partial charge in [-0.25, -0.2) is 4.39 Å². The summed E-state index contributed by atoms with van der Waals surface area (Å²) < 4.78 is 23.8. The predicted molar refractivity (Wildman–Crippen MR) is 92.6 cm³/mol. The summed E-state index contributed by atoms with van der Waals surface area (Å²) in [5.74, 6) is -1.75. The van der Waals surface area contributed by atoms with E-state index in [-0.39, 0.29) is 16.9 Å². The first-order chi connectivity index (χ1) is 12.3. The minimum atomic E-state index is -0.719. The zero-order valence-electron chi connectivity index (χ0n) is 14.0. The number of hydrogen-bond donors (Lipinski definition) is 1. The topological polar surface area (TPSA) is 85.5 Å². The van der Waals surface area contributed by atoms with E-state index in [0.717, 1.165) is 0 Å². The number of hydrogen-bond acceptors (Lipinski definition) is 5. The van der Waals surface area contributed by atoms with E-state index in [1.807, 2.05) is 0 Å². The maximum Gasteiger partial charge on any atom is 0.308 e. The molecule has 0 saturated carbocycles. The van der Waals surface area contributed by atoms with Crippen molar-refractivity contribution in [3.8, 4) is 22.8 Å². The minimum Gasteiger partial charge on any atom is -0.427 e. The van der Waals surface area contributed by atoms with Gasteiger partial charge in [-0.3, -0.25) is 14.4 Å². The van der Waals surface area contributed by atoms with Crippen molar-refractivity contribution in [1.29, 1.82) is 0 Å². The van der Waals surface area contributed by atoms with Crippen LogP contribution in [0.25, 0.3) is 22.2 Å². The molecule has 0 saturated heterocycles. The van der Waals surface area contributed by atoms with Gasteiger partial charge in [0.05, 0.1) is 0 Å². The van der Waals surface area contributed by atoms with Gasteiger partial charge in [-0.2, -0.15) is 0 Å². The lowest BCUT2D eigenvalue weighted by Crippen LogP contribution is -2.06. The first-order valence-corrected chi connectivity index (χ1v) is 7.67. The molecule has 3 rings (SSSR count). The number of nitrogens with one attached hydrogen (secondary N) is 1. The molecule has 1 heterocycles. The SMILES string of the molecule is CC(=O)Oc1ccc2[nH]c(-c3ccc(OC(C)=O)c(F)c3)cc(=O)c2c1. The molecule has 26 heavy (non-hydrogen) atoms. The van der Waals surface area contributed by atoms with Gasteiger partial charge in [-0.15, -0.1) is 0 Å². The summed E-state index contributed by atoms with van der Waals surface area (Å²) in [7, 11) is 0. The molecular weight excluding hydrogens is 341 g/mol. The van der Waals surface area contributed by atoms with E-state index in [9.17, 15) is 18.8 Å². The van der Waals surface area contributed by atoms with Crippen molar-refractivity contribution in [2.24, 2.45) is 0 Å². The van der Waals surface area contributed by atoms with Crippen LogP contribution in [0.2, 0.25) is 0 Å². The normalized spacial score (nSPS) is 10.6. The third kappa shape index (κ3) is 3.61. The van der Waals surface area contributed by atoms with Gasteiger partial charge in [0.15, 0.2) is 17.0 Å². The van der Waals surface area contributed by atoms with Gasteiger partial charge in [0.1, 0.15) is 5.75 Å². The maximum absolute atomic E-state index is 14.1. The Kier molecular flexibility index (Phi) is 4.53. The lowest BCUT2D eigenvalue weighted by Gasteiger charge is -2.08. The zero-order chi connectivity index (χ0) is 18.8. The van der Waals surface area contributed by atoms with E-state index < -0.39 is 17.8 Å². The second kappa shape index (κ2) is 6.79. The molecule has 2 aromatic carbocycles. The lowest BCUT2D eigenvalue weighted by molar-refractivity contribution is -0.132. The molecule has 6 nitrogen and oxygen atoms in total. The van der Waals surface area contributed by atoms with Crippen LogP contribution < -0.4 is 14.9 Å². The van der Waals surface area contributed by atoms with Crippen LogP contribution in [0.15, 0.2) is 47.3 Å². The van der Waals surface area contributed by atoms with Crippen molar-refractivity contribution >= 4 is 22.8 Å². The number of benzene rings is 2. The molecule has 0 atom stereocenters. The Hall–Kier alpha value is -3.48. The van der Waals surface area contributed by atoms with Crippen molar-refractivity contribution in [2.75, 3.05) is 0 Å². The zero-order valence-corrected chi connectivity index (χ0v) is 14.0. The van der Waals surface area contributed by atoms with Gasteiger partial charge in [-0.05, 0) is 36.4 Å². The smallest absolute Gasteiger partial charge is 0.308 e. The van der Waals surface area contributed by atoms with Crippen molar-refractivity contribution in [3.63, 3.8) is 0 Å². The van der Waals surface area contributed by atoms with Gasteiger partial charge < -0.3 is 14.5 Å². The van der Waals surface area contributed by atoms with Gasteiger partial charge in [0.25, 0.3) is 0 Å². The molecule has 0 amide bonds. The molecule has 0 bridgehead atoms. The number of esters is 2. The van der Waals surface area contributed by atoms with Gasteiger partial charge >= 0.3 is 11.9 Å². The Morgan fingerprint density at radius 2 is 1.69 bits per heavy atom. The van der Waals surface area contributed by atoms with Gasteiger partial charge in [-0.1, -0.05) is 0 Å². The summed E-state index contributed by atoms with van der Waals surface area (Å²) in [6, 6.07) is 9.95. The van der Waals surface area contributed by atoms with Crippen LogP contribution in [0.5, 0.6) is 11.5 Å². The molecule has 3 aromatic rings. The number of aromatic amines is 1. The van der Waals surface area contributed by atoms with Crippen LogP contribution in [-0.2, 0) is 9.59 Å². The number of carbonyl (C=O) groups is 2. The fourth-order valence-corrected chi connectivity index (χ4v) is 2.52. The highest BCUT2D eigenvalue weighted by atomic mass is 19.1. The maximum atomic E-state index is 14.1. The number of rotatable bonds is 3. The summed E-state index contributed by atoms with van der Waals surface area (Å²) in [6.07, 6.45) is 0. The number of pyridine rings is 1. The van der Waals surface area contributed by atoms with Gasteiger partial charge in [0.2, 0.25) is 0 Å². The molecule has 132 valence electrons. The lowest BCUT2D eigenvalue weighted by atomic mass is 10.1. The first-order valence-electron chi connectivity index (χ1n) is 7.67. The summed E-state index contributed by atoms with van der Waals surface area (Å²) in [4.78, 5) is 37.4. The Balaban J connectivity index is 2.04. The van der Waals surface area contributed by atoms with Crippen molar-refractivity contribution in [3.05, 3.63) is 58.5 Å². The van der Waals surface area contributed by atoms with Crippen LogP contribution in [-0.4, -0.2) is 16.9 Å². The molecule has 0 aliphatic heterocycles. The molecular formula is C19H14FNO5. The third-order valence-electron chi connectivity index (χ3n) is 3.56. The molecule has 0 aliphatic carbocycles. The van der Waals surface area contributed by atoms with Crippen molar-refractivity contribution in [2.45, 2.75) is 13.8 Å². The van der Waals surface area contributed by atoms with Crippen LogP contribution in [0.4, 0.5) is 4.39 Å². The first kappa shape index (κ1) is 17.3. The number of H-pyrrole nitrogens is 1. The Labute approximate surface area is 147 Å². The second-order valence-electron chi connectivity index (χ2n) is 5.59. The van der Waals surface area contributed by atoms with Crippen molar-refractivity contribution < 1.29 is 23.5 Å². The number of aromatic nitrogens is 1. The summed E-state index contributed by atoms with van der Waals surface area (Å²) in [5.41, 5.74) is 1.01. The molecule has 0 fully saturated rings. The fraction of sp³-hybridized carbons (Fsp3) is 0.105. The summed E-state index contributed by atoms with van der Waals surface area (Å²) >= 11 is 0. The monoisotopic (exact) mass is 355 g/mol. The second-order valence-corrected chi connectivity index (χ2v) is 5.59. The van der Waals surface area contributed by atoms with Crippen molar-refractivity contribution in [1.82, 2.24) is 4.98 Å². The van der Waals surface area contributed by atoms with Crippen LogP contribution >= 0.6 is 0 Å². The molecule has 7 heteroatoms. The number of ether oxygens (including phenoxy) is 2. The molecule has 0 spiro atoms. The molecule has 1 aromatic heterocycles. The van der Waals surface area contributed by atoms with E-state index in [4.69, 9.17) is 9.47 Å². The third-order valence-corrected chi connectivity index (χ3v) is 3.56. The number of carbonyl (C=O) groups excluding carboxylic acids is 2. The van der Waals surface area contributed by atoms with Gasteiger partial charge in [0, 0.05) is 42.1 Å². The highest BCUT2D eigenvalue weighted by Crippen LogP contribution is 2.26. The Morgan fingerprint density at radius 3 is 2.35 bits per heavy atom. The Morgan fingerprint density at radius 1 is 0.962 bits per heavy atom.